The monoisotopic (exact) mass is 427 g/mol. The van der Waals surface area contributed by atoms with Crippen molar-refractivity contribution in [3.63, 3.8) is 0 Å². The van der Waals surface area contributed by atoms with Gasteiger partial charge in [0.15, 0.2) is 0 Å². The fourth-order valence-electron chi connectivity index (χ4n) is 3.30. The standard InChI is InChI=1S/C18H25N3O3S3/c22-17(14-26-18(25)20-8-4-5-9-20)19-10-12-21(13-11-19)27(23,24)15-16-6-2-1-3-7-16/h1-3,6-7H,4-5,8-15H2. The van der Waals surface area contributed by atoms with Gasteiger partial charge in [0.25, 0.3) is 0 Å². The van der Waals surface area contributed by atoms with Crippen LogP contribution in [-0.4, -0.2) is 77.8 Å². The molecule has 9 heteroatoms. The van der Waals surface area contributed by atoms with Crippen molar-refractivity contribution in [3.8, 4) is 0 Å². The highest BCUT2D eigenvalue weighted by Gasteiger charge is 2.29. The first kappa shape index (κ1) is 20.6. The van der Waals surface area contributed by atoms with Gasteiger partial charge in [-0.3, -0.25) is 4.79 Å². The van der Waals surface area contributed by atoms with Gasteiger partial charge < -0.3 is 9.80 Å². The maximum absolute atomic E-state index is 12.6. The summed E-state index contributed by atoms with van der Waals surface area (Å²) in [4.78, 5) is 16.3. The Morgan fingerprint density at radius 2 is 1.59 bits per heavy atom. The summed E-state index contributed by atoms with van der Waals surface area (Å²) in [5.41, 5.74) is 0.780. The number of carbonyl (C=O) groups excluding carboxylic acids is 1. The highest BCUT2D eigenvalue weighted by molar-refractivity contribution is 8.23. The molecule has 2 heterocycles. The molecule has 0 radical (unpaired) electrons. The predicted molar refractivity (Wildman–Crippen MR) is 113 cm³/mol. The van der Waals surface area contributed by atoms with Gasteiger partial charge in [-0.1, -0.05) is 54.3 Å². The molecule has 0 aliphatic carbocycles. The lowest BCUT2D eigenvalue weighted by molar-refractivity contribution is -0.129. The Bertz CT molecular complexity index is 757. The van der Waals surface area contributed by atoms with E-state index >= 15 is 0 Å². The first-order valence-corrected chi connectivity index (χ1v) is 12.2. The number of benzene rings is 1. The van der Waals surface area contributed by atoms with Crippen LogP contribution in [0.5, 0.6) is 0 Å². The molecule has 0 saturated carbocycles. The number of hydrogen-bond acceptors (Lipinski definition) is 5. The summed E-state index contributed by atoms with van der Waals surface area (Å²) >= 11 is 6.81. The zero-order chi connectivity index (χ0) is 19.3. The SMILES string of the molecule is O=C(CSC(=S)N1CCCC1)N1CCN(S(=O)(=O)Cc2ccccc2)CC1. The van der Waals surface area contributed by atoms with Crippen molar-refractivity contribution in [1.82, 2.24) is 14.1 Å². The minimum atomic E-state index is -3.36. The molecule has 0 unspecified atom stereocenters. The quantitative estimate of drug-likeness (QED) is 0.668. The van der Waals surface area contributed by atoms with E-state index in [-0.39, 0.29) is 11.7 Å². The van der Waals surface area contributed by atoms with Gasteiger partial charge in [0.05, 0.1) is 11.5 Å². The van der Waals surface area contributed by atoms with E-state index in [4.69, 9.17) is 12.2 Å². The normalized spacial score (nSPS) is 18.7. The van der Waals surface area contributed by atoms with Gasteiger partial charge in [-0.2, -0.15) is 4.31 Å². The maximum atomic E-state index is 12.6. The Morgan fingerprint density at radius 3 is 2.22 bits per heavy atom. The molecule has 148 valence electrons. The first-order chi connectivity index (χ1) is 13.0. The minimum Gasteiger partial charge on any atom is -0.358 e. The molecular weight excluding hydrogens is 402 g/mol. The van der Waals surface area contributed by atoms with Crippen molar-refractivity contribution in [2.75, 3.05) is 45.0 Å². The summed E-state index contributed by atoms with van der Waals surface area (Å²) < 4.78 is 27.5. The Hall–Kier alpha value is -1.16. The third-order valence-electron chi connectivity index (χ3n) is 4.86. The zero-order valence-corrected chi connectivity index (χ0v) is 17.7. The van der Waals surface area contributed by atoms with Crippen molar-refractivity contribution in [1.29, 1.82) is 0 Å². The van der Waals surface area contributed by atoms with Crippen molar-refractivity contribution in [2.24, 2.45) is 0 Å². The molecule has 6 nitrogen and oxygen atoms in total. The molecule has 2 fully saturated rings. The van der Waals surface area contributed by atoms with E-state index in [2.05, 4.69) is 4.90 Å². The molecule has 1 amide bonds. The number of nitrogens with zero attached hydrogens (tertiary/aromatic N) is 3. The summed E-state index contributed by atoms with van der Waals surface area (Å²) in [6.07, 6.45) is 2.32. The van der Waals surface area contributed by atoms with Crippen LogP contribution in [-0.2, 0) is 20.6 Å². The van der Waals surface area contributed by atoms with Crippen LogP contribution in [0, 0.1) is 0 Å². The van der Waals surface area contributed by atoms with Crippen LogP contribution in [0.2, 0.25) is 0 Å². The van der Waals surface area contributed by atoms with Crippen molar-refractivity contribution >= 4 is 44.2 Å². The molecule has 0 spiro atoms. The Morgan fingerprint density at radius 1 is 0.963 bits per heavy atom. The lowest BCUT2D eigenvalue weighted by Gasteiger charge is -2.34. The molecule has 1 aromatic rings. The Balaban J connectivity index is 1.45. The maximum Gasteiger partial charge on any atom is 0.233 e. The smallest absolute Gasteiger partial charge is 0.233 e. The van der Waals surface area contributed by atoms with E-state index in [0.717, 1.165) is 35.8 Å². The van der Waals surface area contributed by atoms with Gasteiger partial charge in [0.1, 0.15) is 4.32 Å². The predicted octanol–water partition coefficient (Wildman–Crippen LogP) is 1.77. The zero-order valence-electron chi connectivity index (χ0n) is 15.2. The van der Waals surface area contributed by atoms with Crippen LogP contribution in [0.4, 0.5) is 0 Å². The van der Waals surface area contributed by atoms with E-state index < -0.39 is 10.0 Å². The first-order valence-electron chi connectivity index (χ1n) is 9.17. The number of likely N-dealkylation sites (tertiary alicyclic amines) is 1. The number of piperazine rings is 1. The molecule has 2 saturated heterocycles. The molecule has 1 aromatic carbocycles. The molecule has 2 aliphatic rings. The molecule has 27 heavy (non-hydrogen) atoms. The van der Waals surface area contributed by atoms with Crippen LogP contribution >= 0.6 is 24.0 Å². The Kier molecular flexibility index (Phi) is 7.13. The summed E-state index contributed by atoms with van der Waals surface area (Å²) in [5.74, 6) is 0.357. The topological polar surface area (TPSA) is 60.9 Å². The second-order valence-corrected chi connectivity index (χ2v) is 10.3. The van der Waals surface area contributed by atoms with E-state index in [1.54, 1.807) is 4.90 Å². The molecule has 0 bridgehead atoms. The average Bonchev–Trinajstić information content (AvgIpc) is 3.21. The molecule has 3 rings (SSSR count). The minimum absolute atomic E-state index is 0.00173. The van der Waals surface area contributed by atoms with Crippen LogP contribution in [0.3, 0.4) is 0 Å². The lowest BCUT2D eigenvalue weighted by Crippen LogP contribution is -2.51. The van der Waals surface area contributed by atoms with Crippen molar-refractivity contribution in [3.05, 3.63) is 35.9 Å². The van der Waals surface area contributed by atoms with Gasteiger partial charge in [-0.15, -0.1) is 0 Å². The molecule has 0 aromatic heterocycles. The second-order valence-electron chi connectivity index (χ2n) is 6.77. The number of amides is 1. The molecule has 0 N–H and O–H groups in total. The highest BCUT2D eigenvalue weighted by atomic mass is 32.2. The van der Waals surface area contributed by atoms with Crippen LogP contribution in [0.25, 0.3) is 0 Å². The second kappa shape index (κ2) is 9.36. The van der Waals surface area contributed by atoms with Crippen LogP contribution in [0.1, 0.15) is 18.4 Å². The number of rotatable bonds is 5. The number of hydrogen-bond donors (Lipinski definition) is 0. The van der Waals surface area contributed by atoms with Gasteiger partial charge in [0, 0.05) is 39.3 Å². The molecular formula is C18H25N3O3S3. The highest BCUT2D eigenvalue weighted by Crippen LogP contribution is 2.18. The summed E-state index contributed by atoms with van der Waals surface area (Å²) in [6, 6.07) is 9.18. The summed E-state index contributed by atoms with van der Waals surface area (Å²) in [5, 5.41) is 0. The lowest BCUT2D eigenvalue weighted by atomic mass is 10.2. The number of carbonyl (C=O) groups is 1. The van der Waals surface area contributed by atoms with Crippen LogP contribution in [0.15, 0.2) is 30.3 Å². The Labute approximate surface area is 170 Å². The van der Waals surface area contributed by atoms with E-state index in [1.165, 1.54) is 16.1 Å². The van der Waals surface area contributed by atoms with Crippen molar-refractivity contribution < 1.29 is 13.2 Å². The fraction of sp³-hybridized carbons (Fsp3) is 0.556. The van der Waals surface area contributed by atoms with Crippen LogP contribution < -0.4 is 0 Å². The van der Waals surface area contributed by atoms with Crippen molar-refractivity contribution in [2.45, 2.75) is 18.6 Å². The van der Waals surface area contributed by atoms with Gasteiger partial charge >= 0.3 is 0 Å². The third kappa shape index (κ3) is 5.66. The van der Waals surface area contributed by atoms with E-state index in [9.17, 15) is 13.2 Å². The van der Waals surface area contributed by atoms with E-state index in [0.29, 0.717) is 31.9 Å². The van der Waals surface area contributed by atoms with Gasteiger partial charge in [0.2, 0.25) is 15.9 Å². The van der Waals surface area contributed by atoms with Gasteiger partial charge in [-0.25, -0.2) is 8.42 Å². The fourth-order valence-corrected chi connectivity index (χ4v) is 5.97. The third-order valence-corrected chi connectivity index (χ3v) is 8.22. The summed E-state index contributed by atoms with van der Waals surface area (Å²) in [6.45, 7) is 3.54. The molecule has 0 atom stereocenters. The summed E-state index contributed by atoms with van der Waals surface area (Å²) in [7, 11) is -3.36. The number of thioether (sulfide) groups is 1. The molecule has 2 aliphatic heterocycles. The van der Waals surface area contributed by atoms with E-state index in [1.807, 2.05) is 30.3 Å². The number of thiocarbonyl (C=S) groups is 1. The number of sulfonamides is 1. The largest absolute Gasteiger partial charge is 0.358 e. The average molecular weight is 428 g/mol. The van der Waals surface area contributed by atoms with Gasteiger partial charge in [-0.05, 0) is 18.4 Å².